The summed E-state index contributed by atoms with van der Waals surface area (Å²) in [6.45, 7) is -1.77. The van der Waals surface area contributed by atoms with Crippen LogP contribution >= 0.6 is 0 Å². The fourth-order valence-corrected chi connectivity index (χ4v) is 0.177. The number of allylic oxidation sites excluding steroid dienone is 1. The van der Waals surface area contributed by atoms with Gasteiger partial charge in [0.1, 0.15) is 12.2 Å². The zero-order valence-electron chi connectivity index (χ0n) is 4.13. The van der Waals surface area contributed by atoms with E-state index >= 15 is 0 Å². The van der Waals surface area contributed by atoms with Gasteiger partial charge < -0.3 is 0 Å². The lowest BCUT2D eigenvalue weighted by Gasteiger charge is -1.87. The van der Waals surface area contributed by atoms with E-state index in [9.17, 15) is 22.4 Å². The van der Waals surface area contributed by atoms with Crippen molar-refractivity contribution in [2.24, 2.45) is 0 Å². The van der Waals surface area contributed by atoms with Gasteiger partial charge in [-0.1, -0.05) is 0 Å². The average Bonchev–Trinajstić information content (AvgIpc) is 1.64. The van der Waals surface area contributed by atoms with Crippen molar-refractivity contribution in [2.45, 2.75) is 0 Å². The summed E-state index contributed by atoms with van der Waals surface area (Å²) in [5.41, 5.74) is -1.70. The van der Waals surface area contributed by atoms with Gasteiger partial charge in [0, 0.05) is 0 Å². The first-order valence-electron chi connectivity index (χ1n) is 1.89. The first kappa shape index (κ1) is 8.13. The Balaban J connectivity index is 4.35. The van der Waals surface area contributed by atoms with Crippen molar-refractivity contribution in [3.63, 3.8) is 0 Å². The molecular weight excluding hydrogens is 140 g/mol. The van der Waals surface area contributed by atoms with E-state index in [-0.39, 0.29) is 0 Å². The van der Waals surface area contributed by atoms with Crippen LogP contribution in [0.25, 0.3) is 0 Å². The second kappa shape index (κ2) is 3.21. The number of alkyl halides is 1. The highest BCUT2D eigenvalue weighted by Crippen LogP contribution is 2.09. The van der Waals surface area contributed by atoms with Gasteiger partial charge in [-0.15, -0.1) is 0 Å². The molecule has 0 amide bonds. The van der Waals surface area contributed by atoms with Crippen LogP contribution in [0.1, 0.15) is 0 Å². The molecule has 0 spiro atoms. The smallest absolute Gasteiger partial charge is 0.255 e. The lowest BCUT2D eigenvalue weighted by Crippen LogP contribution is -1.97. The maximum Gasteiger partial charge on any atom is 0.336 e. The molecule has 0 aliphatic rings. The fraction of sp³-hybridized carbons (Fsp3) is 0.250. The number of carbonyl (C=O) groups excluding carboxylic acids is 1. The molecular formula is C4H2F4O. The zero-order valence-corrected chi connectivity index (χ0v) is 4.13. The molecule has 9 heavy (non-hydrogen) atoms. The third kappa shape index (κ3) is 2.25. The van der Waals surface area contributed by atoms with E-state index < -0.39 is 24.4 Å². The zero-order chi connectivity index (χ0) is 7.44. The van der Waals surface area contributed by atoms with Gasteiger partial charge in [0.05, 0.1) is 0 Å². The number of hydrogen-bond acceptors (Lipinski definition) is 1. The normalized spacial score (nSPS) is 8.89. The molecule has 0 N–H and O–H groups in total. The van der Waals surface area contributed by atoms with Crippen LogP contribution in [-0.2, 0) is 4.79 Å². The highest BCUT2D eigenvalue weighted by atomic mass is 19.3. The largest absolute Gasteiger partial charge is 0.336 e. The van der Waals surface area contributed by atoms with Crippen LogP contribution in [0.3, 0.4) is 0 Å². The van der Waals surface area contributed by atoms with Gasteiger partial charge in [-0.3, -0.25) is 4.79 Å². The molecule has 0 unspecified atom stereocenters. The Morgan fingerprint density at radius 1 is 1.22 bits per heavy atom. The fourth-order valence-electron chi connectivity index (χ4n) is 0.177. The van der Waals surface area contributed by atoms with Crippen molar-refractivity contribution in [3.8, 4) is 0 Å². The van der Waals surface area contributed by atoms with Crippen LogP contribution < -0.4 is 0 Å². The molecule has 52 valence electrons. The Hall–Kier alpha value is -0.870. The van der Waals surface area contributed by atoms with Crippen molar-refractivity contribution in [1.82, 2.24) is 0 Å². The predicted molar refractivity (Wildman–Crippen MR) is 21.3 cm³/mol. The second-order valence-electron chi connectivity index (χ2n) is 1.15. The van der Waals surface area contributed by atoms with Gasteiger partial charge in [0.2, 0.25) is 0 Å². The molecule has 0 saturated carbocycles. The molecule has 0 saturated heterocycles. The molecule has 0 fully saturated rings. The molecule has 0 atom stereocenters. The topological polar surface area (TPSA) is 17.1 Å². The molecule has 0 aromatic heterocycles. The van der Waals surface area contributed by atoms with E-state index in [2.05, 4.69) is 0 Å². The number of carbonyl (C=O) groups is 1. The lowest BCUT2D eigenvalue weighted by molar-refractivity contribution is -0.125. The molecule has 0 aliphatic carbocycles. The van der Waals surface area contributed by atoms with Gasteiger partial charge in [0.15, 0.2) is 0 Å². The standard InChI is InChI=1S/C4H2F4O/c5-1-2(3(6)7)4(8)9/h1H2. The minimum atomic E-state index is -2.61. The Kier molecular flexibility index (Phi) is 2.90. The van der Waals surface area contributed by atoms with Gasteiger partial charge in [-0.05, 0) is 0 Å². The molecule has 0 rings (SSSR count). The highest BCUT2D eigenvalue weighted by Gasteiger charge is 2.14. The first-order chi connectivity index (χ1) is 4.09. The van der Waals surface area contributed by atoms with E-state index in [0.717, 1.165) is 0 Å². The van der Waals surface area contributed by atoms with Crippen molar-refractivity contribution < 1.29 is 22.4 Å². The van der Waals surface area contributed by atoms with Crippen molar-refractivity contribution in [2.75, 3.05) is 6.67 Å². The van der Waals surface area contributed by atoms with E-state index in [1.807, 2.05) is 0 Å². The molecule has 0 bridgehead atoms. The third-order valence-electron chi connectivity index (χ3n) is 0.599. The average molecular weight is 142 g/mol. The number of rotatable bonds is 2. The Bertz CT molecular complexity index is 147. The van der Waals surface area contributed by atoms with E-state index in [4.69, 9.17) is 0 Å². The molecule has 0 aromatic rings. The summed E-state index contributed by atoms with van der Waals surface area (Å²) < 4.78 is 44.6. The molecule has 0 radical (unpaired) electrons. The van der Waals surface area contributed by atoms with Crippen molar-refractivity contribution in [3.05, 3.63) is 11.7 Å². The Labute approximate surface area is 48.0 Å². The van der Waals surface area contributed by atoms with E-state index in [0.29, 0.717) is 0 Å². The number of hydrogen-bond donors (Lipinski definition) is 0. The van der Waals surface area contributed by atoms with Crippen LogP contribution in [0, 0.1) is 0 Å². The Morgan fingerprint density at radius 3 is 1.67 bits per heavy atom. The van der Waals surface area contributed by atoms with Crippen molar-refractivity contribution in [1.29, 1.82) is 0 Å². The van der Waals surface area contributed by atoms with Crippen LogP contribution in [-0.4, -0.2) is 12.7 Å². The maximum absolute atomic E-state index is 11.2. The third-order valence-corrected chi connectivity index (χ3v) is 0.599. The summed E-state index contributed by atoms with van der Waals surface area (Å²) >= 11 is 0. The maximum atomic E-state index is 11.2. The van der Waals surface area contributed by atoms with E-state index in [1.54, 1.807) is 0 Å². The molecule has 0 aromatic carbocycles. The van der Waals surface area contributed by atoms with Crippen LogP contribution in [0.5, 0.6) is 0 Å². The summed E-state index contributed by atoms with van der Waals surface area (Å²) in [6.07, 6.45) is -2.61. The Morgan fingerprint density at radius 2 is 1.67 bits per heavy atom. The minimum absolute atomic E-state index is 1.70. The quantitative estimate of drug-likeness (QED) is 0.325. The van der Waals surface area contributed by atoms with Gasteiger partial charge >= 0.3 is 6.04 Å². The summed E-state index contributed by atoms with van der Waals surface area (Å²) in [6, 6.07) is -2.42. The SMILES string of the molecule is O=C(F)C(CF)=C(F)F. The summed E-state index contributed by atoms with van der Waals surface area (Å²) in [4.78, 5) is 9.37. The van der Waals surface area contributed by atoms with Crippen LogP contribution in [0.2, 0.25) is 0 Å². The van der Waals surface area contributed by atoms with Crippen molar-refractivity contribution >= 4 is 6.04 Å². The summed E-state index contributed by atoms with van der Waals surface area (Å²) in [5.74, 6) is 0. The van der Waals surface area contributed by atoms with Crippen LogP contribution in [0.4, 0.5) is 17.6 Å². The summed E-state index contributed by atoms with van der Waals surface area (Å²) in [5, 5.41) is 0. The molecule has 0 heterocycles. The second-order valence-corrected chi connectivity index (χ2v) is 1.15. The first-order valence-corrected chi connectivity index (χ1v) is 1.89. The van der Waals surface area contributed by atoms with Gasteiger partial charge in [-0.25, -0.2) is 4.39 Å². The van der Waals surface area contributed by atoms with E-state index in [1.165, 1.54) is 0 Å². The molecule has 0 aliphatic heterocycles. The minimum Gasteiger partial charge on any atom is -0.255 e. The molecule has 5 heteroatoms. The molecule has 1 nitrogen and oxygen atoms in total. The van der Waals surface area contributed by atoms with Crippen LogP contribution in [0.15, 0.2) is 11.7 Å². The van der Waals surface area contributed by atoms with Gasteiger partial charge in [0.25, 0.3) is 6.08 Å². The number of halogens is 4. The van der Waals surface area contributed by atoms with Gasteiger partial charge in [-0.2, -0.15) is 13.2 Å². The lowest BCUT2D eigenvalue weighted by atomic mass is 10.3. The summed E-state index contributed by atoms with van der Waals surface area (Å²) in [7, 11) is 0. The monoisotopic (exact) mass is 142 g/mol. The highest BCUT2D eigenvalue weighted by molar-refractivity contribution is 5.87. The predicted octanol–water partition coefficient (Wildman–Crippen LogP) is 1.60.